The van der Waals surface area contributed by atoms with Crippen LogP contribution in [0.4, 0.5) is 11.4 Å². The smallest absolute Gasteiger partial charge is 0.251 e. The van der Waals surface area contributed by atoms with E-state index in [1.807, 2.05) is 0 Å². The Morgan fingerprint density at radius 2 is 1.45 bits per heavy atom. The van der Waals surface area contributed by atoms with Crippen LogP contribution >= 0.6 is 31.9 Å². The van der Waals surface area contributed by atoms with Crippen molar-refractivity contribution in [3.8, 4) is 0 Å². The molecule has 12 nitrogen and oxygen atoms in total. The highest BCUT2D eigenvalue weighted by molar-refractivity contribution is 9.09. The van der Waals surface area contributed by atoms with E-state index in [1.54, 1.807) is 12.1 Å². The van der Waals surface area contributed by atoms with E-state index in [2.05, 4.69) is 57.8 Å². The summed E-state index contributed by atoms with van der Waals surface area (Å²) in [7, 11) is 0. The first-order chi connectivity index (χ1) is 16.0. The zero-order valence-corrected chi connectivity index (χ0v) is 21.0. The Hall–Kier alpha value is -2.22. The molecule has 0 bridgehead atoms. The van der Waals surface area contributed by atoms with Crippen LogP contribution in [0.15, 0.2) is 23.3 Å². The summed E-state index contributed by atoms with van der Waals surface area (Å²) in [5, 5.41) is 11.5. The van der Waals surface area contributed by atoms with Crippen molar-refractivity contribution in [1.82, 2.24) is 5.32 Å². The second kappa shape index (κ2) is 18.2. The van der Waals surface area contributed by atoms with Crippen molar-refractivity contribution in [2.75, 3.05) is 74.0 Å². The lowest BCUT2D eigenvalue weighted by molar-refractivity contribution is -0.114. The summed E-state index contributed by atoms with van der Waals surface area (Å²) in [4.78, 5) is 38.4. The highest BCUT2D eigenvalue weighted by atomic mass is 79.9. The van der Waals surface area contributed by atoms with Crippen LogP contribution in [0.3, 0.4) is 0 Å². The molecule has 0 unspecified atom stereocenters. The van der Waals surface area contributed by atoms with Gasteiger partial charge in [0, 0.05) is 23.6 Å². The molecule has 0 aliphatic heterocycles. The van der Waals surface area contributed by atoms with Crippen molar-refractivity contribution in [2.24, 2.45) is 5.11 Å². The molecule has 0 aliphatic rings. The molecule has 0 heterocycles. The maximum atomic E-state index is 12.4. The SMILES string of the molecule is [N-]=[N+]=NCCOCCOCCOCCNC(=O)c1ccc(NC(=O)CBr)c(NC(=O)CBr)c1. The van der Waals surface area contributed by atoms with Gasteiger partial charge < -0.3 is 30.2 Å². The van der Waals surface area contributed by atoms with Gasteiger partial charge in [-0.25, -0.2) is 0 Å². The van der Waals surface area contributed by atoms with Gasteiger partial charge in [-0.15, -0.1) is 0 Å². The highest BCUT2D eigenvalue weighted by Crippen LogP contribution is 2.24. The van der Waals surface area contributed by atoms with Crippen molar-refractivity contribution < 1.29 is 28.6 Å². The lowest BCUT2D eigenvalue weighted by atomic mass is 10.1. The minimum Gasteiger partial charge on any atom is -0.379 e. The maximum absolute atomic E-state index is 12.4. The number of hydrogen-bond donors (Lipinski definition) is 3. The molecule has 0 aliphatic carbocycles. The fourth-order valence-electron chi connectivity index (χ4n) is 2.30. The van der Waals surface area contributed by atoms with Gasteiger partial charge in [0.05, 0.1) is 61.7 Å². The molecular formula is C19H26Br2N6O6. The molecule has 1 rings (SSSR count). The van der Waals surface area contributed by atoms with E-state index >= 15 is 0 Å². The third-order valence-corrected chi connectivity index (χ3v) is 4.77. The molecule has 3 amide bonds. The summed E-state index contributed by atoms with van der Waals surface area (Å²) in [5.74, 6) is -0.960. The number of ether oxygens (including phenoxy) is 3. The van der Waals surface area contributed by atoms with Gasteiger partial charge in [-0.2, -0.15) is 0 Å². The molecule has 0 saturated heterocycles. The topological polar surface area (TPSA) is 164 Å². The van der Waals surface area contributed by atoms with E-state index < -0.39 is 0 Å². The molecule has 14 heteroatoms. The molecule has 33 heavy (non-hydrogen) atoms. The Bertz CT molecular complexity index is 822. The Kier molecular flexibility index (Phi) is 15.9. The second-order valence-electron chi connectivity index (χ2n) is 6.17. The summed E-state index contributed by atoms with van der Waals surface area (Å²) < 4.78 is 15.9. The van der Waals surface area contributed by atoms with E-state index in [0.29, 0.717) is 56.6 Å². The first-order valence-electron chi connectivity index (χ1n) is 9.89. The van der Waals surface area contributed by atoms with Crippen LogP contribution in [0, 0.1) is 0 Å². The molecule has 1 aromatic carbocycles. The summed E-state index contributed by atoms with van der Waals surface area (Å²) >= 11 is 6.13. The monoisotopic (exact) mass is 592 g/mol. The van der Waals surface area contributed by atoms with Crippen molar-refractivity contribution in [1.29, 1.82) is 0 Å². The second-order valence-corrected chi connectivity index (χ2v) is 7.29. The normalized spacial score (nSPS) is 10.2. The van der Waals surface area contributed by atoms with Crippen LogP contribution in [0.1, 0.15) is 10.4 Å². The largest absolute Gasteiger partial charge is 0.379 e. The van der Waals surface area contributed by atoms with Gasteiger partial charge in [-0.3, -0.25) is 14.4 Å². The van der Waals surface area contributed by atoms with E-state index in [1.165, 1.54) is 6.07 Å². The van der Waals surface area contributed by atoms with E-state index in [-0.39, 0.29) is 41.5 Å². The average Bonchev–Trinajstić information content (AvgIpc) is 2.82. The predicted molar refractivity (Wildman–Crippen MR) is 130 cm³/mol. The first-order valence-corrected chi connectivity index (χ1v) is 12.1. The molecule has 0 spiro atoms. The number of halogens is 2. The van der Waals surface area contributed by atoms with Crippen LogP contribution in [0.25, 0.3) is 10.4 Å². The van der Waals surface area contributed by atoms with Gasteiger partial charge in [0.15, 0.2) is 0 Å². The van der Waals surface area contributed by atoms with Crippen LogP contribution in [-0.4, -0.2) is 81.1 Å². The molecule has 0 atom stereocenters. The number of amides is 3. The number of rotatable bonds is 17. The first kappa shape index (κ1) is 28.8. The summed E-state index contributed by atoms with van der Waals surface area (Å²) in [6.45, 7) is 2.75. The lowest BCUT2D eigenvalue weighted by Gasteiger charge is -2.13. The van der Waals surface area contributed by atoms with Crippen molar-refractivity contribution in [3.05, 3.63) is 34.2 Å². The molecule has 1 aromatic rings. The van der Waals surface area contributed by atoms with Crippen molar-refractivity contribution in [2.45, 2.75) is 0 Å². The third kappa shape index (κ3) is 13.2. The predicted octanol–water partition coefficient (Wildman–Crippen LogP) is 2.44. The summed E-state index contributed by atoms with van der Waals surface area (Å²) in [6.07, 6.45) is 0. The number of nitrogens with zero attached hydrogens (tertiary/aromatic N) is 3. The fraction of sp³-hybridized carbons (Fsp3) is 0.526. The van der Waals surface area contributed by atoms with Crippen molar-refractivity contribution >= 4 is 61.0 Å². The Morgan fingerprint density at radius 3 is 2.06 bits per heavy atom. The lowest BCUT2D eigenvalue weighted by Crippen LogP contribution is -2.28. The van der Waals surface area contributed by atoms with Crippen LogP contribution in [-0.2, 0) is 23.8 Å². The maximum Gasteiger partial charge on any atom is 0.251 e. The Balaban J connectivity index is 2.33. The molecule has 0 aromatic heterocycles. The van der Waals surface area contributed by atoms with Gasteiger partial charge >= 0.3 is 0 Å². The molecule has 182 valence electrons. The van der Waals surface area contributed by atoms with E-state index in [9.17, 15) is 14.4 Å². The Labute approximate surface area is 208 Å². The molecular weight excluding hydrogens is 568 g/mol. The molecule has 0 fully saturated rings. The van der Waals surface area contributed by atoms with Crippen LogP contribution in [0.2, 0.25) is 0 Å². The molecule has 3 N–H and O–H groups in total. The standard InChI is InChI=1S/C19H26Br2N6O6/c20-12-17(28)25-15-2-1-14(11-16(15)26-18(29)13-21)19(30)23-3-5-31-7-9-33-10-8-32-6-4-24-27-22/h1-2,11H,3-10,12-13H2,(H,23,30)(H,25,28)(H,26,29). The average molecular weight is 594 g/mol. The minimum absolute atomic E-state index is 0.0702. The number of alkyl halides is 2. The number of anilines is 2. The zero-order chi connectivity index (χ0) is 24.3. The van der Waals surface area contributed by atoms with Crippen LogP contribution < -0.4 is 16.0 Å². The van der Waals surface area contributed by atoms with Crippen molar-refractivity contribution in [3.63, 3.8) is 0 Å². The summed E-state index contributed by atoms with van der Waals surface area (Å²) in [6, 6.07) is 4.59. The Morgan fingerprint density at radius 1 is 0.879 bits per heavy atom. The number of azide groups is 1. The van der Waals surface area contributed by atoms with Gasteiger partial charge in [0.2, 0.25) is 11.8 Å². The number of benzene rings is 1. The summed E-state index contributed by atoms with van der Waals surface area (Å²) in [5.41, 5.74) is 9.14. The van der Waals surface area contributed by atoms with Gasteiger partial charge in [-0.1, -0.05) is 37.0 Å². The van der Waals surface area contributed by atoms with Gasteiger partial charge in [0.25, 0.3) is 5.91 Å². The number of nitrogens with one attached hydrogen (secondary N) is 3. The third-order valence-electron chi connectivity index (χ3n) is 3.75. The van der Waals surface area contributed by atoms with Crippen LogP contribution in [0.5, 0.6) is 0 Å². The van der Waals surface area contributed by atoms with Gasteiger partial charge in [0.1, 0.15) is 0 Å². The van der Waals surface area contributed by atoms with E-state index in [0.717, 1.165) is 0 Å². The molecule has 0 radical (unpaired) electrons. The fourth-order valence-corrected chi connectivity index (χ4v) is 2.58. The number of carbonyl (C=O) groups excluding carboxylic acids is 3. The molecule has 0 saturated carbocycles. The van der Waals surface area contributed by atoms with Gasteiger partial charge in [-0.05, 0) is 23.7 Å². The quantitative estimate of drug-likeness (QED) is 0.0825. The number of hydrogen-bond acceptors (Lipinski definition) is 7. The number of carbonyl (C=O) groups is 3. The zero-order valence-electron chi connectivity index (χ0n) is 17.9. The highest BCUT2D eigenvalue weighted by Gasteiger charge is 2.13. The minimum atomic E-state index is -0.347. The van der Waals surface area contributed by atoms with E-state index in [4.69, 9.17) is 19.7 Å².